The topological polar surface area (TPSA) is 65.5 Å². The smallest absolute Gasteiger partial charge is 0.259 e. The lowest BCUT2D eigenvalue weighted by molar-refractivity contribution is 0.0736. The molecule has 0 saturated carbocycles. The summed E-state index contributed by atoms with van der Waals surface area (Å²) in [7, 11) is 0. The maximum absolute atomic E-state index is 14.3. The van der Waals surface area contributed by atoms with Crippen LogP contribution in [0.1, 0.15) is 26.3 Å². The quantitative estimate of drug-likeness (QED) is 0.647. The first-order valence-corrected chi connectivity index (χ1v) is 10.4. The molecule has 1 N–H and O–H groups in total. The molecule has 170 valence electrons. The molecular weight excluding hydrogens is 433 g/mol. The molecule has 0 radical (unpaired) electrons. The van der Waals surface area contributed by atoms with Crippen LogP contribution in [0.2, 0.25) is 0 Å². The van der Waals surface area contributed by atoms with Gasteiger partial charge in [0.2, 0.25) is 0 Å². The molecule has 1 aliphatic heterocycles. The Labute approximate surface area is 188 Å². The summed E-state index contributed by atoms with van der Waals surface area (Å²) in [5.41, 5.74) is 0.0244. The van der Waals surface area contributed by atoms with E-state index in [-0.39, 0.29) is 24.2 Å². The first-order chi connectivity index (χ1) is 15.8. The third kappa shape index (κ3) is 4.67. The van der Waals surface area contributed by atoms with E-state index in [0.717, 1.165) is 6.07 Å². The van der Waals surface area contributed by atoms with Crippen LogP contribution in [0.5, 0.6) is 0 Å². The van der Waals surface area contributed by atoms with E-state index in [1.165, 1.54) is 42.3 Å². The predicted octanol–water partition coefficient (Wildman–Crippen LogP) is 4.02. The Hall–Kier alpha value is -3.88. The lowest BCUT2D eigenvalue weighted by atomic mass is 10.1. The molecule has 0 aliphatic carbocycles. The molecule has 1 aromatic heterocycles. The van der Waals surface area contributed by atoms with E-state index in [1.54, 1.807) is 18.2 Å². The van der Waals surface area contributed by atoms with Gasteiger partial charge in [-0.25, -0.2) is 18.2 Å². The fourth-order valence-electron chi connectivity index (χ4n) is 3.64. The number of rotatable bonds is 4. The van der Waals surface area contributed by atoms with Crippen LogP contribution in [0, 0.1) is 24.4 Å². The Bertz CT molecular complexity index is 1190. The van der Waals surface area contributed by atoms with Gasteiger partial charge in [-0.2, -0.15) is 0 Å². The molecule has 2 amide bonds. The summed E-state index contributed by atoms with van der Waals surface area (Å²) in [6.45, 7) is 2.89. The molecule has 0 spiro atoms. The number of nitrogens with one attached hydrogen (secondary N) is 1. The average molecular weight is 454 g/mol. The highest BCUT2D eigenvalue weighted by Gasteiger charge is 2.27. The van der Waals surface area contributed by atoms with Crippen molar-refractivity contribution in [3.8, 4) is 0 Å². The summed E-state index contributed by atoms with van der Waals surface area (Å²) in [6.07, 6.45) is 1.46. The second-order valence-electron chi connectivity index (χ2n) is 7.67. The zero-order valence-electron chi connectivity index (χ0n) is 17.8. The van der Waals surface area contributed by atoms with Gasteiger partial charge >= 0.3 is 0 Å². The monoisotopic (exact) mass is 454 g/mol. The van der Waals surface area contributed by atoms with Crippen molar-refractivity contribution in [2.75, 3.05) is 36.4 Å². The Balaban J connectivity index is 1.37. The number of piperazine rings is 1. The fourth-order valence-corrected chi connectivity index (χ4v) is 3.64. The van der Waals surface area contributed by atoms with Crippen molar-refractivity contribution in [1.82, 2.24) is 9.88 Å². The third-order valence-electron chi connectivity index (χ3n) is 5.51. The fraction of sp³-hybridized carbons (Fsp3) is 0.208. The zero-order chi connectivity index (χ0) is 23.5. The van der Waals surface area contributed by atoms with E-state index >= 15 is 0 Å². The summed E-state index contributed by atoms with van der Waals surface area (Å²) in [5.74, 6) is -2.95. The molecule has 6 nitrogen and oxygen atoms in total. The number of benzene rings is 2. The van der Waals surface area contributed by atoms with Crippen LogP contribution in [0.3, 0.4) is 0 Å². The largest absolute Gasteiger partial charge is 0.353 e. The van der Waals surface area contributed by atoms with Crippen LogP contribution >= 0.6 is 0 Å². The SMILES string of the molecule is Cc1ccc(F)c(C(=O)N2CCN(c3ccc(NC(=O)c4ccccc4F)cn3)CC2)c1F. The average Bonchev–Trinajstić information content (AvgIpc) is 2.82. The minimum Gasteiger partial charge on any atom is -0.353 e. The van der Waals surface area contributed by atoms with Crippen molar-refractivity contribution in [3.05, 3.63) is 88.9 Å². The number of pyridine rings is 1. The molecule has 0 atom stereocenters. The number of carbonyl (C=O) groups excluding carboxylic acids is 2. The molecule has 0 bridgehead atoms. The third-order valence-corrected chi connectivity index (χ3v) is 5.51. The van der Waals surface area contributed by atoms with Crippen LogP contribution in [0.4, 0.5) is 24.7 Å². The van der Waals surface area contributed by atoms with E-state index in [9.17, 15) is 22.8 Å². The number of hydrogen-bond donors (Lipinski definition) is 1. The number of anilines is 2. The van der Waals surface area contributed by atoms with Crippen molar-refractivity contribution in [3.63, 3.8) is 0 Å². The van der Waals surface area contributed by atoms with Gasteiger partial charge in [-0.1, -0.05) is 18.2 Å². The molecular formula is C24H21F3N4O2. The van der Waals surface area contributed by atoms with Gasteiger partial charge in [0.05, 0.1) is 17.4 Å². The first-order valence-electron chi connectivity index (χ1n) is 10.4. The number of aryl methyl sites for hydroxylation is 1. The molecule has 1 fully saturated rings. The molecule has 4 rings (SSSR count). The number of halogens is 3. The molecule has 0 unspecified atom stereocenters. The van der Waals surface area contributed by atoms with Gasteiger partial charge in [-0.15, -0.1) is 0 Å². The summed E-state index contributed by atoms with van der Waals surface area (Å²) >= 11 is 0. The number of carbonyl (C=O) groups is 2. The van der Waals surface area contributed by atoms with Crippen LogP contribution < -0.4 is 10.2 Å². The van der Waals surface area contributed by atoms with Crippen LogP contribution in [-0.2, 0) is 0 Å². The zero-order valence-corrected chi connectivity index (χ0v) is 17.8. The number of aromatic nitrogens is 1. The van der Waals surface area contributed by atoms with E-state index in [0.29, 0.717) is 24.6 Å². The maximum atomic E-state index is 14.3. The number of amides is 2. The molecule has 1 aliphatic rings. The summed E-state index contributed by atoms with van der Waals surface area (Å²) in [6, 6.07) is 11.4. The normalized spacial score (nSPS) is 13.7. The first kappa shape index (κ1) is 22.3. The minimum absolute atomic E-state index is 0.0659. The minimum atomic E-state index is -0.875. The van der Waals surface area contributed by atoms with Crippen LogP contribution in [-0.4, -0.2) is 47.9 Å². The molecule has 9 heteroatoms. The van der Waals surface area contributed by atoms with Gasteiger partial charge < -0.3 is 15.1 Å². The summed E-state index contributed by atoms with van der Waals surface area (Å²) in [4.78, 5) is 32.6. The van der Waals surface area contributed by atoms with E-state index in [4.69, 9.17) is 0 Å². The highest BCUT2D eigenvalue weighted by molar-refractivity contribution is 6.04. The van der Waals surface area contributed by atoms with Crippen LogP contribution in [0.25, 0.3) is 0 Å². The number of hydrogen-bond acceptors (Lipinski definition) is 4. The molecule has 2 aromatic carbocycles. The van der Waals surface area contributed by atoms with Gasteiger partial charge in [0, 0.05) is 26.2 Å². The van der Waals surface area contributed by atoms with Gasteiger partial charge in [-0.3, -0.25) is 9.59 Å². The molecule has 1 saturated heterocycles. The van der Waals surface area contributed by atoms with Crippen molar-refractivity contribution < 1.29 is 22.8 Å². The number of nitrogens with zero attached hydrogens (tertiary/aromatic N) is 3. The summed E-state index contributed by atoms with van der Waals surface area (Å²) in [5, 5.41) is 2.60. The highest BCUT2D eigenvalue weighted by atomic mass is 19.1. The second-order valence-corrected chi connectivity index (χ2v) is 7.67. The second kappa shape index (κ2) is 9.32. The van der Waals surface area contributed by atoms with E-state index in [1.807, 2.05) is 4.90 Å². The lowest BCUT2D eigenvalue weighted by Gasteiger charge is -2.35. The Morgan fingerprint density at radius 3 is 2.30 bits per heavy atom. The molecule has 2 heterocycles. The van der Waals surface area contributed by atoms with Gasteiger partial charge in [0.1, 0.15) is 28.8 Å². The summed E-state index contributed by atoms with van der Waals surface area (Å²) < 4.78 is 42.1. The van der Waals surface area contributed by atoms with Crippen molar-refractivity contribution in [1.29, 1.82) is 0 Å². The Kier molecular flexibility index (Phi) is 6.30. The Morgan fingerprint density at radius 2 is 1.64 bits per heavy atom. The molecule has 3 aromatic rings. The van der Waals surface area contributed by atoms with E-state index < -0.39 is 34.8 Å². The van der Waals surface area contributed by atoms with Gasteiger partial charge in [-0.05, 0) is 42.8 Å². The molecule has 33 heavy (non-hydrogen) atoms. The van der Waals surface area contributed by atoms with Gasteiger partial charge in [0.25, 0.3) is 11.8 Å². The lowest BCUT2D eigenvalue weighted by Crippen LogP contribution is -2.49. The van der Waals surface area contributed by atoms with Crippen LogP contribution in [0.15, 0.2) is 54.7 Å². The van der Waals surface area contributed by atoms with Gasteiger partial charge in [0.15, 0.2) is 0 Å². The predicted molar refractivity (Wildman–Crippen MR) is 118 cm³/mol. The van der Waals surface area contributed by atoms with Crippen molar-refractivity contribution >= 4 is 23.3 Å². The van der Waals surface area contributed by atoms with E-state index in [2.05, 4.69) is 10.3 Å². The standard InChI is InChI=1S/C24H21F3N4O2/c1-15-6-8-19(26)21(22(15)27)24(33)31-12-10-30(11-13-31)20-9-7-16(14-28-20)29-23(32)17-4-2-3-5-18(17)25/h2-9,14H,10-13H2,1H3,(H,29,32). The highest BCUT2D eigenvalue weighted by Crippen LogP contribution is 2.21. The van der Waals surface area contributed by atoms with Crippen molar-refractivity contribution in [2.45, 2.75) is 6.92 Å². The maximum Gasteiger partial charge on any atom is 0.259 e. The Morgan fingerprint density at radius 1 is 0.909 bits per heavy atom. The van der Waals surface area contributed by atoms with Crippen molar-refractivity contribution in [2.24, 2.45) is 0 Å².